The van der Waals surface area contributed by atoms with Crippen LogP contribution in [0.2, 0.25) is 0 Å². The first-order valence-electron chi connectivity index (χ1n) is 9.26. The van der Waals surface area contributed by atoms with Gasteiger partial charge in [0.1, 0.15) is 0 Å². The lowest BCUT2D eigenvalue weighted by Gasteiger charge is -2.27. The maximum absolute atomic E-state index is 12.4. The molecule has 1 aromatic rings. The molecule has 1 aliphatic carbocycles. The number of carboxylic acid groups (broad SMARTS) is 1. The fourth-order valence-electron chi connectivity index (χ4n) is 3.42. The number of methoxy groups -OCH3 is 1. The van der Waals surface area contributed by atoms with Crippen LogP contribution in [0.1, 0.15) is 45.1 Å². The molecule has 26 heavy (non-hydrogen) atoms. The molecule has 2 atom stereocenters. The van der Waals surface area contributed by atoms with Crippen LogP contribution in [0.3, 0.4) is 0 Å². The first-order valence-corrected chi connectivity index (χ1v) is 9.26. The fourth-order valence-corrected chi connectivity index (χ4v) is 3.42. The van der Waals surface area contributed by atoms with Crippen molar-refractivity contribution in [1.29, 1.82) is 0 Å². The summed E-state index contributed by atoms with van der Waals surface area (Å²) in [5.74, 6) is -0.629. The Bertz CT molecular complexity index is 629. The van der Waals surface area contributed by atoms with Crippen molar-refractivity contribution in [2.24, 2.45) is 11.8 Å². The van der Waals surface area contributed by atoms with Gasteiger partial charge in [-0.3, -0.25) is 9.59 Å². The van der Waals surface area contributed by atoms with Crippen LogP contribution in [0.25, 0.3) is 0 Å². The second kappa shape index (κ2) is 9.46. The van der Waals surface area contributed by atoms with E-state index in [0.717, 1.165) is 18.4 Å². The summed E-state index contributed by atoms with van der Waals surface area (Å²) in [4.78, 5) is 23.7. The Morgan fingerprint density at radius 3 is 2.50 bits per heavy atom. The molecule has 1 aliphatic rings. The van der Waals surface area contributed by atoms with Crippen molar-refractivity contribution in [3.05, 3.63) is 23.8 Å². The Labute approximate surface area is 154 Å². The summed E-state index contributed by atoms with van der Waals surface area (Å²) >= 11 is 0. The number of aliphatic carboxylic acids is 1. The zero-order chi connectivity index (χ0) is 19.1. The molecule has 144 valence electrons. The summed E-state index contributed by atoms with van der Waals surface area (Å²) in [7, 11) is 1.60. The predicted molar refractivity (Wildman–Crippen MR) is 98.6 cm³/mol. The molecule has 0 aromatic heterocycles. The summed E-state index contributed by atoms with van der Waals surface area (Å²) < 4.78 is 11.1. The molecule has 1 saturated carbocycles. The average Bonchev–Trinajstić information content (AvgIpc) is 2.62. The molecule has 0 radical (unpaired) electrons. The molecule has 1 fully saturated rings. The van der Waals surface area contributed by atoms with E-state index in [1.165, 1.54) is 0 Å². The molecular weight excluding hydrogens is 334 g/mol. The van der Waals surface area contributed by atoms with Crippen LogP contribution in [0.15, 0.2) is 18.2 Å². The quantitative estimate of drug-likeness (QED) is 0.741. The molecule has 0 bridgehead atoms. The van der Waals surface area contributed by atoms with Crippen molar-refractivity contribution in [2.45, 2.75) is 52.1 Å². The third kappa shape index (κ3) is 5.38. The lowest BCUT2D eigenvalue weighted by Crippen LogP contribution is -2.40. The minimum atomic E-state index is -0.865. The van der Waals surface area contributed by atoms with Crippen molar-refractivity contribution in [2.75, 3.05) is 13.7 Å². The van der Waals surface area contributed by atoms with Gasteiger partial charge in [-0.15, -0.1) is 0 Å². The lowest BCUT2D eigenvalue weighted by atomic mass is 9.78. The van der Waals surface area contributed by atoms with Crippen molar-refractivity contribution >= 4 is 11.9 Å². The molecule has 0 aliphatic heterocycles. The van der Waals surface area contributed by atoms with E-state index in [1.54, 1.807) is 7.11 Å². The molecule has 2 N–H and O–H groups in total. The SMILES string of the molecule is COc1cc(CCNC(=O)C2CCCCC2C(=O)O)ccc1OC(C)C. The smallest absolute Gasteiger partial charge is 0.307 e. The van der Waals surface area contributed by atoms with Crippen LogP contribution in [0.4, 0.5) is 0 Å². The van der Waals surface area contributed by atoms with E-state index in [-0.39, 0.29) is 12.0 Å². The summed E-state index contributed by atoms with van der Waals surface area (Å²) in [6.45, 7) is 4.38. The van der Waals surface area contributed by atoms with Gasteiger partial charge in [0.15, 0.2) is 11.5 Å². The van der Waals surface area contributed by atoms with E-state index in [1.807, 2.05) is 32.0 Å². The largest absolute Gasteiger partial charge is 0.493 e. The molecule has 0 heterocycles. The maximum Gasteiger partial charge on any atom is 0.307 e. The Hall–Kier alpha value is -2.24. The van der Waals surface area contributed by atoms with Crippen LogP contribution in [-0.2, 0) is 16.0 Å². The number of carboxylic acids is 1. The number of nitrogens with one attached hydrogen (secondary N) is 1. The highest BCUT2D eigenvalue weighted by Gasteiger charge is 2.35. The summed E-state index contributed by atoms with van der Waals surface area (Å²) in [6, 6.07) is 5.73. The summed E-state index contributed by atoms with van der Waals surface area (Å²) in [5.41, 5.74) is 1.02. The highest BCUT2D eigenvalue weighted by molar-refractivity contribution is 5.84. The minimum Gasteiger partial charge on any atom is -0.493 e. The van der Waals surface area contributed by atoms with Gasteiger partial charge in [0.2, 0.25) is 5.91 Å². The number of hydrogen-bond donors (Lipinski definition) is 2. The van der Waals surface area contributed by atoms with Crippen LogP contribution in [0, 0.1) is 11.8 Å². The normalized spacial score (nSPS) is 19.8. The Kier molecular flexibility index (Phi) is 7.30. The number of carbonyl (C=O) groups excluding carboxylic acids is 1. The fraction of sp³-hybridized carbons (Fsp3) is 0.600. The van der Waals surface area contributed by atoms with Gasteiger partial charge in [0, 0.05) is 6.54 Å². The minimum absolute atomic E-state index is 0.0618. The standard InChI is InChI=1S/C20H29NO5/c1-13(2)26-17-9-8-14(12-18(17)25-3)10-11-21-19(22)15-6-4-5-7-16(15)20(23)24/h8-9,12-13,15-16H,4-7,10-11H2,1-3H3,(H,21,22)(H,23,24). The van der Waals surface area contributed by atoms with E-state index in [0.29, 0.717) is 37.3 Å². The van der Waals surface area contributed by atoms with Gasteiger partial charge in [-0.25, -0.2) is 0 Å². The summed E-state index contributed by atoms with van der Waals surface area (Å²) in [6.07, 6.45) is 3.74. The Balaban J connectivity index is 1.90. The van der Waals surface area contributed by atoms with Crippen LogP contribution < -0.4 is 14.8 Å². The third-order valence-corrected chi connectivity index (χ3v) is 4.72. The van der Waals surface area contributed by atoms with Crippen molar-refractivity contribution in [3.8, 4) is 11.5 Å². The van der Waals surface area contributed by atoms with E-state index in [9.17, 15) is 14.7 Å². The van der Waals surface area contributed by atoms with Crippen molar-refractivity contribution < 1.29 is 24.2 Å². The Morgan fingerprint density at radius 2 is 1.88 bits per heavy atom. The highest BCUT2D eigenvalue weighted by Crippen LogP contribution is 2.31. The van der Waals surface area contributed by atoms with Gasteiger partial charge < -0.3 is 19.9 Å². The van der Waals surface area contributed by atoms with Gasteiger partial charge in [-0.2, -0.15) is 0 Å². The van der Waals surface area contributed by atoms with Crippen molar-refractivity contribution in [1.82, 2.24) is 5.32 Å². The highest BCUT2D eigenvalue weighted by atomic mass is 16.5. The zero-order valence-electron chi connectivity index (χ0n) is 15.8. The van der Waals surface area contributed by atoms with E-state index >= 15 is 0 Å². The van der Waals surface area contributed by atoms with Crippen LogP contribution in [0.5, 0.6) is 11.5 Å². The maximum atomic E-state index is 12.4. The molecular formula is C20H29NO5. The van der Waals surface area contributed by atoms with Gasteiger partial charge in [-0.05, 0) is 50.8 Å². The van der Waals surface area contributed by atoms with E-state index in [2.05, 4.69) is 5.32 Å². The van der Waals surface area contributed by atoms with E-state index < -0.39 is 17.8 Å². The van der Waals surface area contributed by atoms with Crippen LogP contribution >= 0.6 is 0 Å². The molecule has 0 spiro atoms. The second-order valence-corrected chi connectivity index (χ2v) is 7.03. The second-order valence-electron chi connectivity index (χ2n) is 7.03. The molecule has 1 aromatic carbocycles. The first kappa shape index (κ1) is 20.1. The first-order chi connectivity index (χ1) is 12.4. The van der Waals surface area contributed by atoms with Crippen molar-refractivity contribution in [3.63, 3.8) is 0 Å². The number of rotatable bonds is 8. The molecule has 2 rings (SSSR count). The average molecular weight is 363 g/mol. The molecule has 6 heteroatoms. The number of ether oxygens (including phenoxy) is 2. The molecule has 1 amide bonds. The topological polar surface area (TPSA) is 84.9 Å². The third-order valence-electron chi connectivity index (χ3n) is 4.72. The van der Waals surface area contributed by atoms with Gasteiger partial charge in [-0.1, -0.05) is 18.9 Å². The van der Waals surface area contributed by atoms with Gasteiger partial charge >= 0.3 is 5.97 Å². The molecule has 6 nitrogen and oxygen atoms in total. The number of amides is 1. The van der Waals surface area contributed by atoms with E-state index in [4.69, 9.17) is 9.47 Å². The number of benzene rings is 1. The lowest BCUT2D eigenvalue weighted by molar-refractivity contribution is -0.148. The number of hydrogen-bond acceptors (Lipinski definition) is 4. The monoisotopic (exact) mass is 363 g/mol. The summed E-state index contributed by atoms with van der Waals surface area (Å²) in [5, 5.41) is 12.2. The van der Waals surface area contributed by atoms with Gasteiger partial charge in [0.25, 0.3) is 0 Å². The molecule has 2 unspecified atom stereocenters. The predicted octanol–water partition coefficient (Wildman–Crippen LogP) is 3.03. The van der Waals surface area contributed by atoms with Gasteiger partial charge in [0.05, 0.1) is 25.0 Å². The molecule has 0 saturated heterocycles. The van der Waals surface area contributed by atoms with Crippen LogP contribution in [-0.4, -0.2) is 36.7 Å². The zero-order valence-corrected chi connectivity index (χ0v) is 15.8. The number of carbonyl (C=O) groups is 2. The Morgan fingerprint density at radius 1 is 1.19 bits per heavy atom.